The van der Waals surface area contributed by atoms with Crippen LogP contribution in [0.3, 0.4) is 0 Å². The van der Waals surface area contributed by atoms with Gasteiger partial charge in [-0.1, -0.05) is 30.3 Å². The summed E-state index contributed by atoms with van der Waals surface area (Å²) in [6.07, 6.45) is 0.0787. The van der Waals surface area contributed by atoms with Crippen molar-refractivity contribution in [2.24, 2.45) is 0 Å². The Morgan fingerprint density at radius 1 is 0.808 bits per heavy atom. The van der Waals surface area contributed by atoms with Gasteiger partial charge >= 0.3 is 0 Å². The van der Waals surface area contributed by atoms with Crippen molar-refractivity contribution in [1.29, 1.82) is 0 Å². The maximum Gasteiger partial charge on any atom is 0.123 e. The first-order valence-corrected chi connectivity index (χ1v) is 10.5. The van der Waals surface area contributed by atoms with Crippen LogP contribution < -0.4 is 4.74 Å². The highest BCUT2D eigenvalue weighted by molar-refractivity contribution is 14.1. The van der Waals surface area contributed by atoms with Crippen LogP contribution in [-0.4, -0.2) is 5.11 Å². The van der Waals surface area contributed by atoms with Crippen LogP contribution in [0.5, 0.6) is 11.5 Å². The van der Waals surface area contributed by atoms with Gasteiger partial charge < -0.3 is 9.84 Å². The predicted molar refractivity (Wildman–Crippen MR) is 125 cm³/mol. The van der Waals surface area contributed by atoms with Crippen molar-refractivity contribution >= 4 is 45.2 Å². The number of phenols is 1. The van der Waals surface area contributed by atoms with E-state index in [4.69, 9.17) is 9.84 Å². The van der Waals surface area contributed by atoms with Crippen LogP contribution in [0.25, 0.3) is 0 Å². The van der Waals surface area contributed by atoms with Gasteiger partial charge in [-0.15, -0.1) is 0 Å². The third kappa shape index (κ3) is 6.46. The molecule has 0 spiro atoms. The van der Waals surface area contributed by atoms with Gasteiger partial charge in [0.15, 0.2) is 0 Å². The van der Waals surface area contributed by atoms with Gasteiger partial charge in [0.25, 0.3) is 0 Å². The Balaban J connectivity index is 0.000000228. The number of ether oxygens (including phenoxy) is 1. The third-order valence-electron chi connectivity index (χ3n) is 3.87. The van der Waals surface area contributed by atoms with Crippen molar-refractivity contribution < 1.29 is 9.84 Å². The van der Waals surface area contributed by atoms with Crippen LogP contribution in [0, 0.1) is 21.0 Å². The van der Waals surface area contributed by atoms with Crippen molar-refractivity contribution in [3.63, 3.8) is 0 Å². The first-order valence-electron chi connectivity index (χ1n) is 8.29. The maximum atomic E-state index is 9.04. The Bertz CT molecular complexity index is 848. The topological polar surface area (TPSA) is 29.5 Å². The molecule has 0 unspecified atom stereocenters. The van der Waals surface area contributed by atoms with E-state index in [1.54, 1.807) is 6.07 Å². The average molecular weight is 572 g/mol. The number of hydrogen-bond acceptors (Lipinski definition) is 2. The van der Waals surface area contributed by atoms with E-state index < -0.39 is 0 Å². The molecule has 1 N–H and O–H groups in total. The molecule has 0 saturated carbocycles. The quantitative estimate of drug-likeness (QED) is 0.341. The van der Waals surface area contributed by atoms with Crippen molar-refractivity contribution in [2.75, 3.05) is 0 Å². The highest BCUT2D eigenvalue weighted by atomic mass is 127. The summed E-state index contributed by atoms with van der Waals surface area (Å²) < 4.78 is 8.37. The molecule has 0 amide bonds. The molecule has 0 heterocycles. The minimum absolute atomic E-state index is 0.0787. The molecule has 0 bridgehead atoms. The minimum Gasteiger partial charge on any atom is -0.508 e. The van der Waals surface area contributed by atoms with Crippen LogP contribution in [0.2, 0.25) is 0 Å². The molecule has 0 aliphatic heterocycles. The number of aryl methyl sites for hydroxylation is 2. The minimum atomic E-state index is 0.0787. The molecular weight excluding hydrogens is 550 g/mol. The lowest BCUT2D eigenvalue weighted by Gasteiger charge is -2.16. The number of rotatable bonds is 3. The zero-order chi connectivity index (χ0) is 19.1. The zero-order valence-electron chi connectivity index (χ0n) is 15.0. The Morgan fingerprint density at radius 2 is 1.38 bits per heavy atom. The highest BCUT2D eigenvalue weighted by Crippen LogP contribution is 2.26. The lowest BCUT2D eigenvalue weighted by molar-refractivity contribution is 0.225. The fraction of sp³-hybridized carbons (Fsp3) is 0.182. The Hall–Kier alpha value is -1.28. The van der Waals surface area contributed by atoms with Gasteiger partial charge in [-0.25, -0.2) is 0 Å². The van der Waals surface area contributed by atoms with E-state index in [1.807, 2.05) is 43.3 Å². The summed E-state index contributed by atoms with van der Waals surface area (Å²) in [5.74, 6) is 1.33. The summed E-state index contributed by atoms with van der Waals surface area (Å²) in [6.45, 7) is 6.04. The molecule has 1 atom stereocenters. The van der Waals surface area contributed by atoms with Crippen molar-refractivity contribution in [3.8, 4) is 11.5 Å². The standard InChI is InChI=1S/C15H15IO.C7H7IO/c1-11-10-14(16)8-9-15(11)17-12(2)13-6-4-3-5-7-13;1-5-4-6(8)2-3-7(5)9/h3-10,12H,1-2H3;2-4,9H,1H3/t12-;/m0./s1. The van der Waals surface area contributed by atoms with Gasteiger partial charge in [-0.05, 0) is 119 Å². The average Bonchev–Trinajstić information content (AvgIpc) is 2.62. The molecule has 0 aromatic heterocycles. The SMILES string of the molecule is Cc1cc(I)ccc1O.Cc1cc(I)ccc1O[C@@H](C)c1ccccc1. The fourth-order valence-corrected chi connectivity index (χ4v) is 3.64. The molecule has 3 rings (SSSR count). The van der Waals surface area contributed by atoms with E-state index in [9.17, 15) is 0 Å². The molecule has 0 aliphatic rings. The van der Waals surface area contributed by atoms with Gasteiger partial charge in [0.05, 0.1) is 0 Å². The van der Waals surface area contributed by atoms with E-state index in [0.29, 0.717) is 5.75 Å². The smallest absolute Gasteiger partial charge is 0.123 e. The second kappa shape index (κ2) is 10.2. The Labute approximate surface area is 182 Å². The number of benzene rings is 3. The molecule has 136 valence electrons. The van der Waals surface area contributed by atoms with Crippen molar-refractivity contribution in [1.82, 2.24) is 0 Å². The molecule has 3 aromatic rings. The third-order valence-corrected chi connectivity index (χ3v) is 5.21. The largest absolute Gasteiger partial charge is 0.508 e. The number of phenolic OH excluding ortho intramolecular Hbond substituents is 1. The van der Waals surface area contributed by atoms with Crippen LogP contribution in [0.1, 0.15) is 29.7 Å². The number of aromatic hydroxyl groups is 1. The van der Waals surface area contributed by atoms with E-state index >= 15 is 0 Å². The van der Waals surface area contributed by atoms with Gasteiger partial charge in [0.2, 0.25) is 0 Å². The lowest BCUT2D eigenvalue weighted by atomic mass is 10.1. The summed E-state index contributed by atoms with van der Waals surface area (Å²) in [7, 11) is 0. The predicted octanol–water partition coefficient (Wildman–Crippen LogP) is 7.04. The molecule has 0 radical (unpaired) electrons. The number of hydrogen-bond donors (Lipinski definition) is 1. The van der Waals surface area contributed by atoms with E-state index in [-0.39, 0.29) is 6.10 Å². The summed E-state index contributed by atoms with van der Waals surface area (Å²) in [6, 6.07) is 22.0. The first kappa shape index (κ1) is 21.0. The van der Waals surface area contributed by atoms with Gasteiger partial charge in [0.1, 0.15) is 17.6 Å². The Morgan fingerprint density at radius 3 is 1.92 bits per heavy atom. The van der Waals surface area contributed by atoms with Gasteiger partial charge in [0, 0.05) is 7.14 Å². The summed E-state index contributed by atoms with van der Waals surface area (Å²) in [4.78, 5) is 0. The zero-order valence-corrected chi connectivity index (χ0v) is 19.4. The second-order valence-corrected chi connectivity index (χ2v) is 8.50. The van der Waals surface area contributed by atoms with Gasteiger partial charge in [-0.2, -0.15) is 0 Å². The monoisotopic (exact) mass is 572 g/mol. The number of halogens is 2. The van der Waals surface area contributed by atoms with Crippen LogP contribution in [-0.2, 0) is 0 Å². The molecule has 2 nitrogen and oxygen atoms in total. The normalized spacial score (nSPS) is 11.3. The van der Waals surface area contributed by atoms with Crippen LogP contribution in [0.4, 0.5) is 0 Å². The molecule has 0 fully saturated rings. The van der Waals surface area contributed by atoms with Crippen LogP contribution >= 0.6 is 45.2 Å². The van der Waals surface area contributed by atoms with Crippen molar-refractivity contribution in [2.45, 2.75) is 26.9 Å². The first-order chi connectivity index (χ1) is 12.4. The Kier molecular flexibility index (Phi) is 8.21. The lowest BCUT2D eigenvalue weighted by Crippen LogP contribution is -2.03. The van der Waals surface area contributed by atoms with E-state index in [2.05, 4.69) is 83.3 Å². The van der Waals surface area contributed by atoms with Gasteiger partial charge in [-0.3, -0.25) is 0 Å². The van der Waals surface area contributed by atoms with Crippen LogP contribution in [0.15, 0.2) is 66.7 Å². The summed E-state index contributed by atoms with van der Waals surface area (Å²) >= 11 is 4.52. The molecule has 4 heteroatoms. The second-order valence-electron chi connectivity index (χ2n) is 6.01. The summed E-state index contributed by atoms with van der Waals surface area (Å²) in [5, 5.41) is 9.04. The molecule has 0 aliphatic carbocycles. The summed E-state index contributed by atoms with van der Waals surface area (Å²) in [5.41, 5.74) is 3.31. The van der Waals surface area contributed by atoms with E-state index in [1.165, 1.54) is 14.7 Å². The maximum absolute atomic E-state index is 9.04. The van der Waals surface area contributed by atoms with Crippen molar-refractivity contribution in [3.05, 3.63) is 90.6 Å². The fourth-order valence-electron chi connectivity index (χ4n) is 2.35. The highest BCUT2D eigenvalue weighted by Gasteiger charge is 2.08. The van der Waals surface area contributed by atoms with E-state index in [0.717, 1.165) is 14.9 Å². The molecule has 0 saturated heterocycles. The molecule has 3 aromatic carbocycles. The molecule has 26 heavy (non-hydrogen) atoms. The molecular formula is C22H22I2O2.